The van der Waals surface area contributed by atoms with Gasteiger partial charge in [0.2, 0.25) is 0 Å². The number of hydrogen-bond acceptors (Lipinski definition) is 4. The monoisotopic (exact) mass is 280 g/mol. The minimum Gasteiger partial charge on any atom is -0.494 e. The van der Waals surface area contributed by atoms with Gasteiger partial charge in [0.25, 0.3) is 5.69 Å². The molecule has 0 aliphatic heterocycles. The number of rotatable bonds is 8. The molecule has 0 bridgehead atoms. The van der Waals surface area contributed by atoms with Crippen LogP contribution in [0.25, 0.3) is 0 Å². The summed E-state index contributed by atoms with van der Waals surface area (Å²) in [5, 5.41) is 14.2. The topological polar surface area (TPSA) is 64.4 Å². The zero-order valence-corrected chi connectivity index (χ0v) is 12.7. The maximum atomic E-state index is 10.8. The van der Waals surface area contributed by atoms with E-state index in [2.05, 4.69) is 26.1 Å². The molecule has 0 spiro atoms. The Morgan fingerprint density at radius 2 is 2.05 bits per heavy atom. The minimum absolute atomic E-state index is 0.0439. The summed E-state index contributed by atoms with van der Waals surface area (Å²) in [4.78, 5) is 10.4. The third-order valence-corrected chi connectivity index (χ3v) is 3.63. The molecular formula is C15H24N2O3. The largest absolute Gasteiger partial charge is 0.494 e. The Kier molecular flexibility index (Phi) is 6.28. The zero-order chi connectivity index (χ0) is 15.1. The van der Waals surface area contributed by atoms with Crippen LogP contribution in [0.2, 0.25) is 0 Å². The molecule has 5 nitrogen and oxygen atoms in total. The lowest BCUT2D eigenvalue weighted by Crippen LogP contribution is -2.21. The fourth-order valence-electron chi connectivity index (χ4n) is 2.11. The second kappa shape index (κ2) is 7.72. The SMILES string of the molecule is CCC(C)CC(CC)Nc1ccc([N+](=O)[O-])cc1OC. The van der Waals surface area contributed by atoms with Crippen molar-refractivity contribution in [3.63, 3.8) is 0 Å². The summed E-state index contributed by atoms with van der Waals surface area (Å²) in [6, 6.07) is 5.02. The molecule has 0 saturated heterocycles. The van der Waals surface area contributed by atoms with Crippen LogP contribution in [-0.2, 0) is 0 Å². The Morgan fingerprint density at radius 1 is 1.35 bits per heavy atom. The highest BCUT2D eigenvalue weighted by atomic mass is 16.6. The van der Waals surface area contributed by atoms with Crippen molar-refractivity contribution in [2.24, 2.45) is 5.92 Å². The molecule has 0 amide bonds. The molecule has 2 unspecified atom stereocenters. The molecule has 0 aromatic heterocycles. The van der Waals surface area contributed by atoms with E-state index in [0.717, 1.165) is 24.9 Å². The molecule has 5 heteroatoms. The predicted molar refractivity (Wildman–Crippen MR) is 81.4 cm³/mol. The normalized spacial score (nSPS) is 13.6. The highest BCUT2D eigenvalue weighted by Crippen LogP contribution is 2.30. The molecule has 1 N–H and O–H groups in total. The van der Waals surface area contributed by atoms with E-state index < -0.39 is 4.92 Å². The Hall–Kier alpha value is -1.78. The van der Waals surface area contributed by atoms with Gasteiger partial charge in [-0.2, -0.15) is 0 Å². The third-order valence-electron chi connectivity index (χ3n) is 3.63. The zero-order valence-electron chi connectivity index (χ0n) is 12.7. The fraction of sp³-hybridized carbons (Fsp3) is 0.600. The highest BCUT2D eigenvalue weighted by Gasteiger charge is 2.15. The summed E-state index contributed by atoms with van der Waals surface area (Å²) in [5.41, 5.74) is 0.857. The van der Waals surface area contributed by atoms with Gasteiger partial charge in [0.05, 0.1) is 23.8 Å². The standard InChI is InChI=1S/C15H24N2O3/c1-5-11(3)9-12(6-2)16-14-8-7-13(17(18)19)10-15(14)20-4/h7-8,10-12,16H,5-6,9H2,1-4H3. The van der Waals surface area contributed by atoms with Gasteiger partial charge < -0.3 is 10.1 Å². The number of hydrogen-bond donors (Lipinski definition) is 1. The summed E-state index contributed by atoms with van der Waals surface area (Å²) in [5.74, 6) is 1.17. The lowest BCUT2D eigenvalue weighted by molar-refractivity contribution is -0.384. The van der Waals surface area contributed by atoms with Crippen LogP contribution < -0.4 is 10.1 Å². The number of anilines is 1. The van der Waals surface area contributed by atoms with Gasteiger partial charge in [0, 0.05) is 12.1 Å². The molecule has 0 aliphatic carbocycles. The van der Waals surface area contributed by atoms with E-state index in [4.69, 9.17) is 4.74 Å². The number of nitrogens with one attached hydrogen (secondary N) is 1. The van der Waals surface area contributed by atoms with Gasteiger partial charge in [-0.25, -0.2) is 0 Å². The molecule has 0 aliphatic rings. The van der Waals surface area contributed by atoms with Crippen LogP contribution in [0.4, 0.5) is 11.4 Å². The van der Waals surface area contributed by atoms with E-state index in [0.29, 0.717) is 17.7 Å². The van der Waals surface area contributed by atoms with Crippen LogP contribution in [0.3, 0.4) is 0 Å². The first-order valence-electron chi connectivity index (χ1n) is 7.10. The van der Waals surface area contributed by atoms with Crippen LogP contribution in [0.1, 0.15) is 40.0 Å². The minimum atomic E-state index is -0.414. The summed E-state index contributed by atoms with van der Waals surface area (Å²) in [6.07, 6.45) is 3.23. The molecular weight excluding hydrogens is 256 g/mol. The van der Waals surface area contributed by atoms with Crippen molar-refractivity contribution in [2.75, 3.05) is 12.4 Å². The maximum Gasteiger partial charge on any atom is 0.273 e. The lowest BCUT2D eigenvalue weighted by Gasteiger charge is -2.22. The quantitative estimate of drug-likeness (QED) is 0.571. The van der Waals surface area contributed by atoms with E-state index in [-0.39, 0.29) is 5.69 Å². The Balaban J connectivity index is 2.87. The number of ether oxygens (including phenoxy) is 1. The van der Waals surface area contributed by atoms with Gasteiger partial charge in [-0.05, 0) is 24.8 Å². The first kappa shape index (κ1) is 16.3. The van der Waals surface area contributed by atoms with Crippen molar-refractivity contribution in [1.29, 1.82) is 0 Å². The average molecular weight is 280 g/mol. The maximum absolute atomic E-state index is 10.8. The Bertz CT molecular complexity index is 449. The first-order valence-corrected chi connectivity index (χ1v) is 7.10. The summed E-state index contributed by atoms with van der Waals surface area (Å²) >= 11 is 0. The molecule has 1 aromatic rings. The summed E-state index contributed by atoms with van der Waals surface area (Å²) in [6.45, 7) is 6.55. The van der Waals surface area contributed by atoms with Gasteiger partial charge in [-0.1, -0.05) is 27.2 Å². The number of nitrogens with zero attached hydrogens (tertiary/aromatic N) is 1. The first-order chi connectivity index (χ1) is 9.51. The smallest absolute Gasteiger partial charge is 0.273 e. The lowest BCUT2D eigenvalue weighted by atomic mass is 9.97. The van der Waals surface area contributed by atoms with E-state index in [1.54, 1.807) is 6.07 Å². The summed E-state index contributed by atoms with van der Waals surface area (Å²) in [7, 11) is 1.53. The van der Waals surface area contributed by atoms with E-state index >= 15 is 0 Å². The molecule has 0 radical (unpaired) electrons. The van der Waals surface area contributed by atoms with Crippen molar-refractivity contribution in [3.8, 4) is 5.75 Å². The van der Waals surface area contributed by atoms with Gasteiger partial charge in [-0.15, -0.1) is 0 Å². The molecule has 0 fully saturated rings. The van der Waals surface area contributed by atoms with Crippen LogP contribution in [0, 0.1) is 16.0 Å². The van der Waals surface area contributed by atoms with Gasteiger partial charge in [0.15, 0.2) is 0 Å². The highest BCUT2D eigenvalue weighted by molar-refractivity contribution is 5.61. The Morgan fingerprint density at radius 3 is 2.55 bits per heavy atom. The number of nitro benzene ring substituents is 1. The van der Waals surface area contributed by atoms with Crippen molar-refractivity contribution < 1.29 is 9.66 Å². The van der Waals surface area contributed by atoms with E-state index in [1.807, 2.05) is 0 Å². The number of non-ortho nitro benzene ring substituents is 1. The molecule has 112 valence electrons. The number of benzene rings is 1. The second-order valence-corrected chi connectivity index (χ2v) is 5.14. The van der Waals surface area contributed by atoms with Crippen LogP contribution >= 0.6 is 0 Å². The molecule has 2 atom stereocenters. The molecule has 1 rings (SSSR count). The predicted octanol–water partition coefficient (Wildman–Crippen LogP) is 4.23. The molecule has 0 heterocycles. The van der Waals surface area contributed by atoms with Gasteiger partial charge in [-0.3, -0.25) is 10.1 Å². The van der Waals surface area contributed by atoms with Crippen molar-refractivity contribution in [1.82, 2.24) is 0 Å². The van der Waals surface area contributed by atoms with Crippen molar-refractivity contribution in [3.05, 3.63) is 28.3 Å². The van der Waals surface area contributed by atoms with E-state index in [9.17, 15) is 10.1 Å². The Labute approximate surface area is 120 Å². The van der Waals surface area contributed by atoms with Crippen molar-refractivity contribution >= 4 is 11.4 Å². The van der Waals surface area contributed by atoms with Crippen LogP contribution in [0.15, 0.2) is 18.2 Å². The molecule has 1 aromatic carbocycles. The fourth-order valence-corrected chi connectivity index (χ4v) is 2.11. The molecule has 20 heavy (non-hydrogen) atoms. The number of methoxy groups -OCH3 is 1. The second-order valence-electron chi connectivity index (χ2n) is 5.14. The summed E-state index contributed by atoms with van der Waals surface area (Å²) < 4.78 is 5.25. The third kappa shape index (κ3) is 4.40. The van der Waals surface area contributed by atoms with Crippen LogP contribution in [-0.4, -0.2) is 18.1 Å². The van der Waals surface area contributed by atoms with Gasteiger partial charge in [0.1, 0.15) is 5.75 Å². The van der Waals surface area contributed by atoms with Gasteiger partial charge >= 0.3 is 0 Å². The molecule has 0 saturated carbocycles. The van der Waals surface area contributed by atoms with Crippen LogP contribution in [0.5, 0.6) is 5.75 Å². The average Bonchev–Trinajstić information content (AvgIpc) is 2.46. The number of nitro groups is 1. The van der Waals surface area contributed by atoms with E-state index in [1.165, 1.54) is 19.2 Å². The van der Waals surface area contributed by atoms with Crippen molar-refractivity contribution in [2.45, 2.75) is 46.1 Å².